The maximum absolute atomic E-state index is 12.5. The number of hydrogen-bond acceptors (Lipinski definition) is 4. The quantitative estimate of drug-likeness (QED) is 0.681. The van der Waals surface area contributed by atoms with Crippen LogP contribution in [0.4, 0.5) is 11.4 Å². The first-order valence-corrected chi connectivity index (χ1v) is 9.31. The number of amidine groups is 1. The molecular formula is C19H13Cl3N4O3. The Kier molecular flexibility index (Phi) is 6.22. The van der Waals surface area contributed by atoms with E-state index < -0.39 is 17.7 Å². The van der Waals surface area contributed by atoms with E-state index >= 15 is 0 Å². The van der Waals surface area contributed by atoms with Crippen molar-refractivity contribution < 1.29 is 14.4 Å². The Balaban J connectivity index is 1.79. The van der Waals surface area contributed by atoms with Crippen LogP contribution in [0.5, 0.6) is 0 Å². The lowest BCUT2D eigenvalue weighted by Gasteiger charge is -2.15. The highest BCUT2D eigenvalue weighted by Gasteiger charge is 2.30. The molecule has 1 aliphatic heterocycles. The summed E-state index contributed by atoms with van der Waals surface area (Å²) in [5, 5.41) is 10.9. The van der Waals surface area contributed by atoms with E-state index in [0.717, 1.165) is 11.1 Å². The van der Waals surface area contributed by atoms with Crippen molar-refractivity contribution in [3.63, 3.8) is 0 Å². The zero-order valence-corrected chi connectivity index (χ0v) is 17.0. The summed E-state index contributed by atoms with van der Waals surface area (Å²) in [5.74, 6) is -1.19. The average Bonchev–Trinajstić information content (AvgIpc) is 3.00. The third kappa shape index (κ3) is 4.76. The molecule has 0 saturated heterocycles. The molecule has 2 aromatic carbocycles. The van der Waals surface area contributed by atoms with Crippen LogP contribution >= 0.6 is 34.8 Å². The molecule has 0 atom stereocenters. The number of rotatable bonds is 4. The fraction of sp³-hybridized carbons (Fsp3) is 0.0526. The van der Waals surface area contributed by atoms with Crippen LogP contribution in [0.1, 0.15) is 16.8 Å². The van der Waals surface area contributed by atoms with Crippen molar-refractivity contribution in [1.29, 1.82) is 0 Å². The summed E-state index contributed by atoms with van der Waals surface area (Å²) in [6.07, 6.45) is 0.973. The standard InChI is InChI=1S/C19H13Cl3N4O3/c1-2-16(27)23-12-5-3-4-10(6-12)19(29)24-15-9-17(28)26(25-15)18-13(21)7-11(20)8-14(18)22/h2-8H,1,9H2,(H,23,27)(H,24,25,29). The Morgan fingerprint density at radius 3 is 2.45 bits per heavy atom. The van der Waals surface area contributed by atoms with Crippen molar-refractivity contribution in [3.8, 4) is 0 Å². The number of benzene rings is 2. The number of amides is 3. The minimum absolute atomic E-state index is 0.127. The van der Waals surface area contributed by atoms with Gasteiger partial charge in [0, 0.05) is 16.3 Å². The van der Waals surface area contributed by atoms with E-state index in [0.29, 0.717) is 10.7 Å². The molecule has 29 heavy (non-hydrogen) atoms. The highest BCUT2D eigenvalue weighted by molar-refractivity contribution is 6.42. The van der Waals surface area contributed by atoms with Crippen molar-refractivity contribution in [2.45, 2.75) is 6.42 Å². The average molecular weight is 452 g/mol. The van der Waals surface area contributed by atoms with Gasteiger partial charge in [0.05, 0.1) is 16.5 Å². The molecule has 7 nitrogen and oxygen atoms in total. The number of carbonyl (C=O) groups excluding carboxylic acids is 3. The van der Waals surface area contributed by atoms with Crippen LogP contribution in [0.2, 0.25) is 15.1 Å². The molecule has 0 fully saturated rings. The molecule has 0 radical (unpaired) electrons. The van der Waals surface area contributed by atoms with Gasteiger partial charge in [-0.15, -0.1) is 0 Å². The molecular weight excluding hydrogens is 439 g/mol. The van der Waals surface area contributed by atoms with Gasteiger partial charge in [-0.1, -0.05) is 47.4 Å². The van der Waals surface area contributed by atoms with Gasteiger partial charge in [0.2, 0.25) is 5.91 Å². The van der Waals surface area contributed by atoms with Crippen molar-refractivity contribution in [2.75, 3.05) is 10.3 Å². The van der Waals surface area contributed by atoms with E-state index in [1.165, 1.54) is 18.2 Å². The first-order chi connectivity index (χ1) is 13.8. The number of nitrogens with one attached hydrogen (secondary N) is 2. The SMILES string of the molecule is C=CC(=O)Nc1cccc(C(=O)NC2=NN(c3c(Cl)cc(Cl)cc3Cl)C(=O)C2)c1. The number of hydrogen-bond donors (Lipinski definition) is 2. The van der Waals surface area contributed by atoms with Crippen molar-refractivity contribution in [3.05, 3.63) is 69.7 Å². The summed E-state index contributed by atoms with van der Waals surface area (Å²) in [4.78, 5) is 36.3. The summed E-state index contributed by atoms with van der Waals surface area (Å²) in [6, 6.07) is 9.15. The lowest BCUT2D eigenvalue weighted by atomic mass is 10.2. The van der Waals surface area contributed by atoms with Crippen LogP contribution in [-0.4, -0.2) is 23.6 Å². The summed E-state index contributed by atoms with van der Waals surface area (Å²) in [5.41, 5.74) is 0.873. The maximum atomic E-state index is 12.5. The Hall–Kier alpha value is -2.87. The summed E-state index contributed by atoms with van der Waals surface area (Å²) in [7, 11) is 0. The zero-order chi connectivity index (χ0) is 21.1. The van der Waals surface area contributed by atoms with Crippen LogP contribution in [0.25, 0.3) is 0 Å². The largest absolute Gasteiger partial charge is 0.323 e. The molecule has 10 heteroatoms. The molecule has 0 saturated carbocycles. The second-order valence-corrected chi connectivity index (χ2v) is 7.13. The van der Waals surface area contributed by atoms with E-state index in [4.69, 9.17) is 34.8 Å². The summed E-state index contributed by atoms with van der Waals surface area (Å²) >= 11 is 18.2. The highest BCUT2D eigenvalue weighted by Crippen LogP contribution is 2.38. The van der Waals surface area contributed by atoms with Gasteiger partial charge in [-0.25, -0.2) is 0 Å². The van der Waals surface area contributed by atoms with E-state index in [9.17, 15) is 14.4 Å². The molecule has 148 valence electrons. The van der Waals surface area contributed by atoms with Crippen LogP contribution in [-0.2, 0) is 9.59 Å². The zero-order valence-electron chi connectivity index (χ0n) is 14.7. The van der Waals surface area contributed by atoms with Crippen LogP contribution in [0, 0.1) is 0 Å². The molecule has 2 N–H and O–H groups in total. The molecule has 2 aromatic rings. The Morgan fingerprint density at radius 1 is 1.10 bits per heavy atom. The predicted octanol–water partition coefficient (Wildman–Crippen LogP) is 4.25. The molecule has 0 bridgehead atoms. The van der Waals surface area contributed by atoms with E-state index in [-0.39, 0.29) is 33.6 Å². The molecule has 0 spiro atoms. The number of anilines is 2. The van der Waals surface area contributed by atoms with Crippen LogP contribution < -0.4 is 15.6 Å². The van der Waals surface area contributed by atoms with E-state index in [1.807, 2.05) is 0 Å². The third-order valence-corrected chi connectivity index (χ3v) is 4.60. The van der Waals surface area contributed by atoms with Crippen LogP contribution in [0.3, 0.4) is 0 Å². The fourth-order valence-corrected chi connectivity index (χ4v) is 3.52. The smallest absolute Gasteiger partial charge is 0.256 e. The third-order valence-electron chi connectivity index (χ3n) is 3.80. The van der Waals surface area contributed by atoms with Gasteiger partial charge in [-0.3, -0.25) is 14.4 Å². The minimum atomic E-state index is -0.499. The molecule has 3 rings (SSSR count). The number of hydrazone groups is 1. The molecule has 1 heterocycles. The summed E-state index contributed by atoms with van der Waals surface area (Å²) < 4.78 is 0. The van der Waals surface area contributed by atoms with Gasteiger partial charge in [0.15, 0.2) is 0 Å². The summed E-state index contributed by atoms with van der Waals surface area (Å²) in [6.45, 7) is 3.37. The lowest BCUT2D eigenvalue weighted by Crippen LogP contribution is -2.29. The van der Waals surface area contributed by atoms with Gasteiger partial charge in [-0.05, 0) is 36.4 Å². The van der Waals surface area contributed by atoms with Crippen LogP contribution in [0.15, 0.2) is 54.2 Å². The highest BCUT2D eigenvalue weighted by atomic mass is 35.5. The van der Waals surface area contributed by atoms with Gasteiger partial charge in [-0.2, -0.15) is 10.1 Å². The van der Waals surface area contributed by atoms with Gasteiger partial charge >= 0.3 is 0 Å². The predicted molar refractivity (Wildman–Crippen MR) is 114 cm³/mol. The van der Waals surface area contributed by atoms with Gasteiger partial charge in [0.25, 0.3) is 11.8 Å². The van der Waals surface area contributed by atoms with Crippen molar-refractivity contribution in [2.24, 2.45) is 5.10 Å². The number of carbonyl (C=O) groups is 3. The Labute approximate surface area is 180 Å². The topological polar surface area (TPSA) is 90.9 Å². The normalized spacial score (nSPS) is 13.1. The number of nitrogens with zero attached hydrogens (tertiary/aromatic N) is 2. The Morgan fingerprint density at radius 2 is 1.79 bits per heavy atom. The van der Waals surface area contributed by atoms with Crippen molar-refractivity contribution in [1.82, 2.24) is 5.32 Å². The molecule has 1 aliphatic rings. The molecule has 0 unspecified atom stereocenters. The minimum Gasteiger partial charge on any atom is -0.323 e. The first kappa shape index (κ1) is 20.9. The maximum Gasteiger partial charge on any atom is 0.256 e. The van der Waals surface area contributed by atoms with Crippen molar-refractivity contribution >= 4 is 69.7 Å². The second kappa shape index (κ2) is 8.65. The lowest BCUT2D eigenvalue weighted by molar-refractivity contribution is -0.117. The second-order valence-electron chi connectivity index (χ2n) is 5.88. The van der Waals surface area contributed by atoms with Gasteiger partial charge < -0.3 is 10.6 Å². The molecule has 3 amide bonds. The first-order valence-electron chi connectivity index (χ1n) is 8.18. The monoisotopic (exact) mass is 450 g/mol. The van der Waals surface area contributed by atoms with E-state index in [2.05, 4.69) is 22.3 Å². The Bertz CT molecular complexity index is 1050. The van der Waals surface area contributed by atoms with E-state index in [1.54, 1.807) is 18.2 Å². The van der Waals surface area contributed by atoms with Gasteiger partial charge in [0.1, 0.15) is 11.5 Å². The fourth-order valence-electron chi connectivity index (χ4n) is 2.55. The molecule has 0 aliphatic carbocycles. The molecule has 0 aromatic heterocycles. The number of halogens is 3.